The average molecular weight is 468 g/mol. The first-order valence-electron chi connectivity index (χ1n) is 7.50. The summed E-state index contributed by atoms with van der Waals surface area (Å²) in [6.07, 6.45) is 0.420. The highest BCUT2D eigenvalue weighted by molar-refractivity contribution is 14.1. The quantitative estimate of drug-likeness (QED) is 0.674. The van der Waals surface area contributed by atoms with Gasteiger partial charge < -0.3 is 10.6 Å². The Morgan fingerprint density at radius 3 is 2.65 bits per heavy atom. The molecule has 0 spiro atoms. The summed E-state index contributed by atoms with van der Waals surface area (Å²) in [7, 11) is 0. The van der Waals surface area contributed by atoms with Gasteiger partial charge in [0.1, 0.15) is 17.8 Å². The molecule has 2 aromatic rings. The highest BCUT2D eigenvalue weighted by Gasteiger charge is 2.43. The molecule has 2 amide bonds. The predicted octanol–water partition coefficient (Wildman–Crippen LogP) is 3.25. The summed E-state index contributed by atoms with van der Waals surface area (Å²) in [4.78, 5) is 28.0. The van der Waals surface area contributed by atoms with Gasteiger partial charge >= 0.3 is 0 Å². The van der Waals surface area contributed by atoms with Gasteiger partial charge in [-0.05, 0) is 47.2 Å². The van der Waals surface area contributed by atoms with Crippen LogP contribution < -0.4 is 10.6 Å². The Hall–Kier alpha value is -2.61. The molecule has 0 radical (unpaired) electrons. The summed E-state index contributed by atoms with van der Waals surface area (Å²) in [6, 6.07) is 7.06. The van der Waals surface area contributed by atoms with E-state index in [-0.39, 0.29) is 29.1 Å². The van der Waals surface area contributed by atoms with E-state index in [2.05, 4.69) is 15.6 Å². The van der Waals surface area contributed by atoms with Crippen LogP contribution in [0.3, 0.4) is 0 Å². The van der Waals surface area contributed by atoms with E-state index in [1.54, 1.807) is 22.6 Å². The lowest BCUT2D eigenvalue weighted by Crippen LogP contribution is -2.18. The van der Waals surface area contributed by atoms with E-state index in [4.69, 9.17) is 5.26 Å². The molecule has 0 saturated heterocycles. The maximum Gasteiger partial charge on any atom is 0.259 e. The number of nitrogens with one attached hydrogen (secondary N) is 2. The standard InChI is InChI=1S/C17H11F2IN4O2/c18-11-6-10(11)16(25)24-14-5-9(1-2-22-14)23-17(26)15-12(19)3-8(7-21)4-13(15)20/h1-5,10-11H,6H2,(H2,22,23,24,25,26)/t10-,11+/m1/s1. The number of hydrogen-bond acceptors (Lipinski definition) is 4. The summed E-state index contributed by atoms with van der Waals surface area (Å²) in [5, 5.41) is 13.8. The van der Waals surface area contributed by atoms with Gasteiger partial charge in [0.05, 0.1) is 23.1 Å². The van der Waals surface area contributed by atoms with Crippen molar-refractivity contribution in [2.75, 3.05) is 10.6 Å². The van der Waals surface area contributed by atoms with Gasteiger partial charge in [-0.2, -0.15) is 5.26 Å². The molecule has 2 N–H and O–H groups in total. The van der Waals surface area contributed by atoms with E-state index in [0.29, 0.717) is 3.57 Å². The molecule has 9 heteroatoms. The van der Waals surface area contributed by atoms with Crippen LogP contribution in [0.2, 0.25) is 0 Å². The molecule has 3 rings (SSSR count). The second-order valence-electron chi connectivity index (χ2n) is 5.66. The molecule has 1 aromatic heterocycles. The van der Waals surface area contributed by atoms with Gasteiger partial charge in [-0.15, -0.1) is 0 Å². The fourth-order valence-electron chi connectivity index (χ4n) is 2.28. The van der Waals surface area contributed by atoms with E-state index >= 15 is 0 Å². The number of hydrogen-bond donors (Lipinski definition) is 2. The maximum atomic E-state index is 14.1. The SMILES string of the molecule is N#Cc1cc(F)c(C(=O)Nc2ccnc(NC(=O)[C@@H]3C[C@@H]3F)c2)c(I)c1. The van der Waals surface area contributed by atoms with Crippen molar-refractivity contribution in [1.29, 1.82) is 5.26 Å². The zero-order chi connectivity index (χ0) is 18.8. The number of carbonyl (C=O) groups is 2. The molecule has 1 aromatic carbocycles. The van der Waals surface area contributed by atoms with Crippen molar-refractivity contribution in [3.05, 3.63) is 51.0 Å². The van der Waals surface area contributed by atoms with Crippen molar-refractivity contribution in [3.63, 3.8) is 0 Å². The number of pyridine rings is 1. The minimum Gasteiger partial charge on any atom is -0.322 e. The number of nitriles is 1. The van der Waals surface area contributed by atoms with Crippen molar-refractivity contribution in [2.45, 2.75) is 12.6 Å². The lowest BCUT2D eigenvalue weighted by atomic mass is 10.1. The second kappa shape index (κ2) is 7.33. The van der Waals surface area contributed by atoms with Gasteiger partial charge in [0.15, 0.2) is 0 Å². The van der Waals surface area contributed by atoms with E-state index in [0.717, 1.165) is 6.07 Å². The number of rotatable bonds is 4. The molecule has 1 fully saturated rings. The Morgan fingerprint density at radius 1 is 1.31 bits per heavy atom. The molecular weight excluding hydrogens is 457 g/mol. The van der Waals surface area contributed by atoms with Gasteiger partial charge in [0.2, 0.25) is 5.91 Å². The first kappa shape index (κ1) is 18.2. The maximum absolute atomic E-state index is 14.1. The lowest BCUT2D eigenvalue weighted by molar-refractivity contribution is -0.117. The minimum absolute atomic E-state index is 0.114. The second-order valence-corrected chi connectivity index (χ2v) is 6.82. The summed E-state index contributed by atoms with van der Waals surface area (Å²) in [5.41, 5.74) is 0.210. The number of halogens is 3. The smallest absolute Gasteiger partial charge is 0.259 e. The van der Waals surface area contributed by atoms with Crippen molar-refractivity contribution >= 4 is 45.9 Å². The molecular formula is C17H11F2IN4O2. The van der Waals surface area contributed by atoms with Gasteiger partial charge in [0, 0.05) is 21.5 Å². The third kappa shape index (κ3) is 3.96. The Balaban J connectivity index is 1.75. The summed E-state index contributed by atoms with van der Waals surface area (Å²) in [5.74, 6) is -2.49. The fraction of sp³-hybridized carbons (Fsp3) is 0.176. The molecule has 1 aliphatic carbocycles. The van der Waals surface area contributed by atoms with Crippen molar-refractivity contribution < 1.29 is 18.4 Å². The summed E-state index contributed by atoms with van der Waals surface area (Å²) in [6.45, 7) is 0. The van der Waals surface area contributed by atoms with Gasteiger partial charge in [0.25, 0.3) is 5.91 Å². The zero-order valence-electron chi connectivity index (χ0n) is 13.1. The number of benzene rings is 1. The van der Waals surface area contributed by atoms with Gasteiger partial charge in [-0.3, -0.25) is 9.59 Å². The topological polar surface area (TPSA) is 94.9 Å². The highest BCUT2D eigenvalue weighted by Crippen LogP contribution is 2.34. The van der Waals surface area contributed by atoms with E-state index in [9.17, 15) is 18.4 Å². The van der Waals surface area contributed by atoms with Crippen molar-refractivity contribution in [3.8, 4) is 6.07 Å². The highest BCUT2D eigenvalue weighted by atomic mass is 127. The number of nitrogens with zero attached hydrogens (tertiary/aromatic N) is 2. The van der Waals surface area contributed by atoms with Crippen LogP contribution in [0, 0.1) is 26.6 Å². The molecule has 1 aliphatic rings. The molecule has 26 heavy (non-hydrogen) atoms. The number of anilines is 2. The lowest BCUT2D eigenvalue weighted by Gasteiger charge is -2.10. The Labute approximate surface area is 160 Å². The first-order chi connectivity index (χ1) is 12.4. The number of alkyl halides is 1. The Bertz CT molecular complexity index is 922. The van der Waals surface area contributed by atoms with Crippen molar-refractivity contribution in [2.24, 2.45) is 5.92 Å². The van der Waals surface area contributed by atoms with Crippen molar-refractivity contribution in [1.82, 2.24) is 4.98 Å². The minimum atomic E-state index is -1.13. The van der Waals surface area contributed by atoms with Crippen LogP contribution >= 0.6 is 22.6 Å². The molecule has 0 unspecified atom stereocenters. The summed E-state index contributed by atoms with van der Waals surface area (Å²) < 4.78 is 27.3. The zero-order valence-corrected chi connectivity index (χ0v) is 15.3. The largest absolute Gasteiger partial charge is 0.322 e. The number of aromatic nitrogens is 1. The van der Waals surface area contributed by atoms with Crippen LogP contribution in [-0.2, 0) is 4.79 Å². The molecule has 2 atom stereocenters. The van der Waals surface area contributed by atoms with Crippen LogP contribution in [0.4, 0.5) is 20.3 Å². The van der Waals surface area contributed by atoms with Crippen LogP contribution in [-0.4, -0.2) is 23.0 Å². The molecule has 1 saturated carbocycles. The van der Waals surface area contributed by atoms with Crippen LogP contribution in [0.1, 0.15) is 22.3 Å². The molecule has 0 aliphatic heterocycles. The average Bonchev–Trinajstić information content (AvgIpc) is 3.31. The number of carbonyl (C=O) groups excluding carboxylic acids is 2. The normalized spacial score (nSPS) is 17.9. The van der Waals surface area contributed by atoms with Gasteiger partial charge in [-0.1, -0.05) is 0 Å². The fourth-order valence-corrected chi connectivity index (χ4v) is 3.12. The van der Waals surface area contributed by atoms with Gasteiger partial charge in [-0.25, -0.2) is 13.8 Å². The number of amides is 2. The van der Waals surface area contributed by atoms with Crippen LogP contribution in [0.15, 0.2) is 30.5 Å². The Kier molecular flexibility index (Phi) is 5.13. The van der Waals surface area contributed by atoms with E-state index in [1.165, 1.54) is 24.4 Å². The first-order valence-corrected chi connectivity index (χ1v) is 8.58. The predicted molar refractivity (Wildman–Crippen MR) is 97.7 cm³/mol. The molecule has 6 nitrogen and oxygen atoms in total. The summed E-state index contributed by atoms with van der Waals surface area (Å²) >= 11 is 1.77. The van der Waals surface area contributed by atoms with E-state index < -0.39 is 29.7 Å². The molecule has 132 valence electrons. The third-order valence-electron chi connectivity index (χ3n) is 3.72. The third-order valence-corrected chi connectivity index (χ3v) is 4.57. The van der Waals surface area contributed by atoms with Crippen LogP contribution in [0.25, 0.3) is 0 Å². The Morgan fingerprint density at radius 2 is 2.04 bits per heavy atom. The molecule has 1 heterocycles. The molecule has 0 bridgehead atoms. The van der Waals surface area contributed by atoms with Crippen LogP contribution in [0.5, 0.6) is 0 Å². The van der Waals surface area contributed by atoms with E-state index in [1.807, 2.05) is 6.07 Å². The monoisotopic (exact) mass is 468 g/mol.